The lowest BCUT2D eigenvalue weighted by Gasteiger charge is -2.11. The SMILES string of the molecule is CCOC(=O)c1ccccc1NC(=O)c1cnc(Nc2cccc(C)c2C)cn1. The number of aryl methyl sites for hydroxylation is 1. The van der Waals surface area contributed by atoms with E-state index in [0.717, 1.165) is 11.3 Å². The van der Waals surface area contributed by atoms with Crippen LogP contribution in [0.1, 0.15) is 38.9 Å². The van der Waals surface area contributed by atoms with Gasteiger partial charge >= 0.3 is 5.97 Å². The van der Waals surface area contributed by atoms with E-state index < -0.39 is 11.9 Å². The number of amides is 1. The van der Waals surface area contributed by atoms with Gasteiger partial charge in [-0.05, 0) is 50.1 Å². The average Bonchev–Trinajstić information content (AvgIpc) is 2.72. The van der Waals surface area contributed by atoms with E-state index in [9.17, 15) is 9.59 Å². The quantitative estimate of drug-likeness (QED) is 0.611. The van der Waals surface area contributed by atoms with Gasteiger partial charge in [0.2, 0.25) is 0 Å². The van der Waals surface area contributed by atoms with Gasteiger partial charge in [-0.3, -0.25) is 4.79 Å². The molecule has 7 nitrogen and oxygen atoms in total. The molecule has 0 spiro atoms. The summed E-state index contributed by atoms with van der Waals surface area (Å²) < 4.78 is 5.02. The van der Waals surface area contributed by atoms with Crippen LogP contribution in [-0.2, 0) is 4.74 Å². The predicted molar refractivity (Wildman–Crippen MR) is 112 cm³/mol. The van der Waals surface area contributed by atoms with Crippen LogP contribution in [0, 0.1) is 13.8 Å². The van der Waals surface area contributed by atoms with Crippen molar-refractivity contribution in [3.8, 4) is 0 Å². The number of ether oxygens (including phenoxy) is 1. The molecule has 0 radical (unpaired) electrons. The van der Waals surface area contributed by atoms with Crippen molar-refractivity contribution in [1.82, 2.24) is 9.97 Å². The molecule has 0 saturated heterocycles. The second-order valence-corrected chi connectivity index (χ2v) is 6.38. The second kappa shape index (κ2) is 8.97. The topological polar surface area (TPSA) is 93.2 Å². The monoisotopic (exact) mass is 390 g/mol. The zero-order valence-electron chi connectivity index (χ0n) is 16.5. The molecule has 1 aromatic heterocycles. The van der Waals surface area contributed by atoms with Crippen molar-refractivity contribution in [2.24, 2.45) is 0 Å². The molecule has 0 aliphatic heterocycles. The van der Waals surface area contributed by atoms with E-state index in [0.29, 0.717) is 11.5 Å². The van der Waals surface area contributed by atoms with E-state index in [1.165, 1.54) is 18.0 Å². The number of hydrogen-bond donors (Lipinski definition) is 2. The molecule has 29 heavy (non-hydrogen) atoms. The first-order chi connectivity index (χ1) is 14.0. The molecule has 1 amide bonds. The highest BCUT2D eigenvalue weighted by molar-refractivity contribution is 6.07. The Hall–Kier alpha value is -3.74. The molecule has 2 N–H and O–H groups in total. The summed E-state index contributed by atoms with van der Waals surface area (Å²) in [6.45, 7) is 6.03. The zero-order chi connectivity index (χ0) is 20.8. The molecule has 0 saturated carbocycles. The third kappa shape index (κ3) is 4.76. The first-order valence-electron chi connectivity index (χ1n) is 9.22. The largest absolute Gasteiger partial charge is 0.462 e. The Labute approximate surface area is 169 Å². The second-order valence-electron chi connectivity index (χ2n) is 6.38. The smallest absolute Gasteiger partial charge is 0.340 e. The highest BCUT2D eigenvalue weighted by Gasteiger charge is 2.16. The third-order valence-corrected chi connectivity index (χ3v) is 4.42. The number of esters is 1. The fourth-order valence-corrected chi connectivity index (χ4v) is 2.70. The van der Waals surface area contributed by atoms with Crippen molar-refractivity contribution in [2.45, 2.75) is 20.8 Å². The number of nitrogens with zero attached hydrogens (tertiary/aromatic N) is 2. The number of benzene rings is 2. The van der Waals surface area contributed by atoms with Gasteiger partial charge < -0.3 is 15.4 Å². The maximum atomic E-state index is 12.5. The average molecular weight is 390 g/mol. The van der Waals surface area contributed by atoms with Crippen LogP contribution in [0.15, 0.2) is 54.9 Å². The van der Waals surface area contributed by atoms with Gasteiger partial charge in [0, 0.05) is 5.69 Å². The molecule has 3 aromatic rings. The van der Waals surface area contributed by atoms with Crippen LogP contribution >= 0.6 is 0 Å². The van der Waals surface area contributed by atoms with Gasteiger partial charge in [-0.25, -0.2) is 14.8 Å². The van der Waals surface area contributed by atoms with Crippen LogP contribution in [0.2, 0.25) is 0 Å². The number of rotatable bonds is 6. The highest BCUT2D eigenvalue weighted by Crippen LogP contribution is 2.21. The summed E-state index contributed by atoms with van der Waals surface area (Å²) in [5.74, 6) is -0.433. The van der Waals surface area contributed by atoms with Crippen LogP contribution in [0.5, 0.6) is 0 Å². The molecule has 148 valence electrons. The molecule has 0 fully saturated rings. The minimum atomic E-state index is -0.498. The molecule has 0 unspecified atom stereocenters. The molecule has 0 atom stereocenters. The summed E-state index contributed by atoms with van der Waals surface area (Å²) in [4.78, 5) is 33.0. The molecule has 2 aromatic carbocycles. The number of para-hydroxylation sites is 1. The standard InChI is InChI=1S/C22H22N4O3/c1-4-29-22(28)16-9-5-6-10-18(16)26-21(27)19-12-24-20(13-23-19)25-17-11-7-8-14(2)15(17)3/h5-13H,4H2,1-3H3,(H,24,25)(H,26,27). The van der Waals surface area contributed by atoms with E-state index in [1.54, 1.807) is 31.2 Å². The molecule has 0 aliphatic rings. The van der Waals surface area contributed by atoms with Gasteiger partial charge in [-0.15, -0.1) is 0 Å². The van der Waals surface area contributed by atoms with Gasteiger partial charge in [0.15, 0.2) is 0 Å². The van der Waals surface area contributed by atoms with E-state index in [4.69, 9.17) is 4.74 Å². The van der Waals surface area contributed by atoms with Gasteiger partial charge in [0.25, 0.3) is 5.91 Å². The van der Waals surface area contributed by atoms with Crippen molar-refractivity contribution in [1.29, 1.82) is 0 Å². The lowest BCUT2D eigenvalue weighted by molar-refractivity contribution is 0.0527. The van der Waals surface area contributed by atoms with E-state index in [1.807, 2.05) is 32.0 Å². The van der Waals surface area contributed by atoms with Crippen molar-refractivity contribution in [3.63, 3.8) is 0 Å². The Morgan fingerprint density at radius 1 is 0.966 bits per heavy atom. The van der Waals surface area contributed by atoms with Gasteiger partial charge in [0.05, 0.1) is 30.3 Å². The maximum Gasteiger partial charge on any atom is 0.340 e. The van der Waals surface area contributed by atoms with Crippen molar-refractivity contribution >= 4 is 29.1 Å². The molecule has 1 heterocycles. The normalized spacial score (nSPS) is 10.3. The molecular formula is C22H22N4O3. The van der Waals surface area contributed by atoms with E-state index >= 15 is 0 Å². The summed E-state index contributed by atoms with van der Waals surface area (Å²) in [6.07, 6.45) is 2.88. The Morgan fingerprint density at radius 2 is 1.72 bits per heavy atom. The van der Waals surface area contributed by atoms with E-state index in [2.05, 4.69) is 20.6 Å². The van der Waals surface area contributed by atoms with Crippen molar-refractivity contribution in [2.75, 3.05) is 17.2 Å². The van der Waals surface area contributed by atoms with Crippen LogP contribution < -0.4 is 10.6 Å². The minimum absolute atomic E-state index is 0.134. The number of nitrogens with one attached hydrogen (secondary N) is 2. The number of carbonyl (C=O) groups excluding carboxylic acids is 2. The summed E-state index contributed by atoms with van der Waals surface area (Å²) >= 11 is 0. The highest BCUT2D eigenvalue weighted by atomic mass is 16.5. The van der Waals surface area contributed by atoms with Crippen LogP contribution in [0.4, 0.5) is 17.2 Å². The number of hydrogen-bond acceptors (Lipinski definition) is 6. The Balaban J connectivity index is 1.73. The van der Waals surface area contributed by atoms with Crippen LogP contribution in [0.3, 0.4) is 0 Å². The Bertz CT molecular complexity index is 1030. The number of aromatic nitrogens is 2. The lowest BCUT2D eigenvalue weighted by Crippen LogP contribution is -2.17. The fraction of sp³-hybridized carbons (Fsp3) is 0.182. The summed E-state index contributed by atoms with van der Waals surface area (Å²) in [7, 11) is 0. The first kappa shape index (κ1) is 20.0. The van der Waals surface area contributed by atoms with Crippen LogP contribution in [0.25, 0.3) is 0 Å². The maximum absolute atomic E-state index is 12.5. The third-order valence-electron chi connectivity index (χ3n) is 4.42. The number of carbonyl (C=O) groups is 2. The van der Waals surface area contributed by atoms with Gasteiger partial charge in [-0.2, -0.15) is 0 Å². The van der Waals surface area contributed by atoms with Crippen molar-refractivity contribution in [3.05, 3.63) is 77.2 Å². The van der Waals surface area contributed by atoms with Crippen molar-refractivity contribution < 1.29 is 14.3 Å². The lowest BCUT2D eigenvalue weighted by atomic mass is 10.1. The van der Waals surface area contributed by atoms with E-state index in [-0.39, 0.29) is 17.9 Å². The molecular weight excluding hydrogens is 368 g/mol. The Kier molecular flexibility index (Phi) is 6.19. The predicted octanol–water partition coefficient (Wildman–Crippen LogP) is 4.27. The fourth-order valence-electron chi connectivity index (χ4n) is 2.70. The summed E-state index contributed by atoms with van der Waals surface area (Å²) in [5, 5.41) is 5.89. The summed E-state index contributed by atoms with van der Waals surface area (Å²) in [6, 6.07) is 12.6. The molecule has 0 aliphatic carbocycles. The molecule has 0 bridgehead atoms. The zero-order valence-corrected chi connectivity index (χ0v) is 16.5. The van der Waals surface area contributed by atoms with Crippen LogP contribution in [-0.4, -0.2) is 28.5 Å². The number of anilines is 3. The summed E-state index contributed by atoms with van der Waals surface area (Å²) in [5.41, 5.74) is 3.99. The first-order valence-corrected chi connectivity index (χ1v) is 9.22. The Morgan fingerprint density at radius 3 is 2.45 bits per heavy atom. The molecule has 7 heteroatoms. The minimum Gasteiger partial charge on any atom is -0.462 e. The van der Waals surface area contributed by atoms with Gasteiger partial charge in [0.1, 0.15) is 11.5 Å². The molecule has 3 rings (SSSR count). The van der Waals surface area contributed by atoms with Gasteiger partial charge in [-0.1, -0.05) is 24.3 Å².